The van der Waals surface area contributed by atoms with Crippen molar-refractivity contribution < 1.29 is 19.2 Å². The molecule has 33 heavy (non-hydrogen) atoms. The van der Waals surface area contributed by atoms with Crippen LogP contribution in [0.4, 0.5) is 0 Å². The lowest BCUT2D eigenvalue weighted by Gasteiger charge is -2.31. The molecule has 3 atom stereocenters. The zero-order chi connectivity index (χ0) is 24.1. The Bertz CT molecular complexity index is 902. The molecule has 1 aliphatic heterocycles. The van der Waals surface area contributed by atoms with Gasteiger partial charge < -0.3 is 10.2 Å². The number of hydrogen-bond donors (Lipinski definition) is 1. The first kappa shape index (κ1) is 25.0. The van der Waals surface area contributed by atoms with Crippen molar-refractivity contribution in [2.75, 3.05) is 6.54 Å². The lowest BCUT2D eigenvalue weighted by molar-refractivity contribution is -0.144. The Labute approximate surface area is 200 Å². The van der Waals surface area contributed by atoms with Crippen molar-refractivity contribution in [2.24, 2.45) is 11.8 Å². The van der Waals surface area contributed by atoms with E-state index in [1.165, 1.54) is 4.90 Å². The first-order chi connectivity index (χ1) is 15.7. The minimum Gasteiger partial charge on any atom is -0.352 e. The van der Waals surface area contributed by atoms with Gasteiger partial charge in [0.2, 0.25) is 23.6 Å². The molecule has 1 aromatic rings. The summed E-state index contributed by atoms with van der Waals surface area (Å²) in [4.78, 5) is 54.5. The van der Waals surface area contributed by atoms with Crippen LogP contribution in [-0.2, 0) is 25.7 Å². The summed E-state index contributed by atoms with van der Waals surface area (Å²) in [5.74, 6) is -1.53. The van der Waals surface area contributed by atoms with Gasteiger partial charge in [-0.2, -0.15) is 0 Å². The van der Waals surface area contributed by atoms with E-state index in [9.17, 15) is 19.2 Å². The molecule has 2 aliphatic rings. The summed E-state index contributed by atoms with van der Waals surface area (Å²) in [6.07, 6.45) is 5.42. The standard InChI is InChI=1S/C25H32ClN3O4/c1-4-21(23(31)27-16(2)3)29(15-17-9-11-18(26)12-10-17)22(30)13-14-28-24(32)19-7-5-6-8-20(19)25(28)33/h5-6,9-12,16,19-21H,4,7-8,13-15H2,1-3H3,(H,27,31)/t19-,20+,21?. The number of carbonyl (C=O) groups excluding carboxylic acids is 4. The number of nitrogens with zero attached hydrogens (tertiary/aromatic N) is 2. The molecule has 4 amide bonds. The van der Waals surface area contributed by atoms with E-state index in [1.54, 1.807) is 17.0 Å². The van der Waals surface area contributed by atoms with E-state index in [0.29, 0.717) is 24.3 Å². The second-order valence-electron chi connectivity index (χ2n) is 8.97. The summed E-state index contributed by atoms with van der Waals surface area (Å²) in [7, 11) is 0. The predicted molar refractivity (Wildman–Crippen MR) is 126 cm³/mol. The molecular weight excluding hydrogens is 442 g/mol. The minimum atomic E-state index is -0.660. The summed E-state index contributed by atoms with van der Waals surface area (Å²) in [6, 6.07) is 6.41. The largest absolute Gasteiger partial charge is 0.352 e. The smallest absolute Gasteiger partial charge is 0.243 e. The number of amides is 4. The highest BCUT2D eigenvalue weighted by atomic mass is 35.5. The molecular formula is C25H32ClN3O4. The number of likely N-dealkylation sites (tertiary alicyclic amines) is 1. The molecule has 1 unspecified atom stereocenters. The number of imide groups is 1. The topological polar surface area (TPSA) is 86.8 Å². The maximum Gasteiger partial charge on any atom is 0.243 e. The zero-order valence-corrected chi connectivity index (χ0v) is 20.2. The van der Waals surface area contributed by atoms with Crippen molar-refractivity contribution >= 4 is 35.2 Å². The molecule has 8 heteroatoms. The normalized spacial score (nSPS) is 20.7. The Kier molecular flexibility index (Phi) is 8.30. The van der Waals surface area contributed by atoms with Gasteiger partial charge in [-0.1, -0.05) is 42.8 Å². The molecule has 1 N–H and O–H groups in total. The fourth-order valence-electron chi connectivity index (χ4n) is 4.53. The van der Waals surface area contributed by atoms with Gasteiger partial charge in [-0.15, -0.1) is 0 Å². The van der Waals surface area contributed by atoms with Crippen molar-refractivity contribution in [3.63, 3.8) is 0 Å². The van der Waals surface area contributed by atoms with Gasteiger partial charge in [0.05, 0.1) is 11.8 Å². The summed E-state index contributed by atoms with van der Waals surface area (Å²) in [6.45, 7) is 5.86. The fraction of sp³-hybridized carbons (Fsp3) is 0.520. The molecule has 178 valence electrons. The number of nitrogens with one attached hydrogen (secondary N) is 1. The molecule has 1 heterocycles. The fourth-order valence-corrected chi connectivity index (χ4v) is 4.65. The van der Waals surface area contributed by atoms with Crippen molar-refractivity contribution in [1.82, 2.24) is 15.1 Å². The quantitative estimate of drug-likeness (QED) is 0.440. The molecule has 1 aromatic carbocycles. The second kappa shape index (κ2) is 11.0. The number of hydrogen-bond acceptors (Lipinski definition) is 4. The maximum absolute atomic E-state index is 13.3. The lowest BCUT2D eigenvalue weighted by atomic mass is 9.85. The predicted octanol–water partition coefficient (Wildman–Crippen LogP) is 3.31. The first-order valence-corrected chi connectivity index (χ1v) is 11.9. The van der Waals surface area contributed by atoms with Gasteiger partial charge in [-0.25, -0.2) is 0 Å². The lowest BCUT2D eigenvalue weighted by Crippen LogP contribution is -2.51. The molecule has 0 aromatic heterocycles. The average molecular weight is 474 g/mol. The van der Waals surface area contributed by atoms with Crippen LogP contribution in [0.1, 0.15) is 52.0 Å². The van der Waals surface area contributed by atoms with Gasteiger partial charge >= 0.3 is 0 Å². The third kappa shape index (κ3) is 5.82. The molecule has 0 radical (unpaired) electrons. The second-order valence-corrected chi connectivity index (χ2v) is 9.41. The van der Waals surface area contributed by atoms with Crippen molar-refractivity contribution in [2.45, 2.75) is 65.1 Å². The van der Waals surface area contributed by atoms with E-state index in [4.69, 9.17) is 11.6 Å². The maximum atomic E-state index is 13.3. The highest BCUT2D eigenvalue weighted by Gasteiger charge is 2.47. The summed E-state index contributed by atoms with van der Waals surface area (Å²) in [5, 5.41) is 3.48. The Morgan fingerprint density at radius 1 is 1.09 bits per heavy atom. The minimum absolute atomic E-state index is 0.0244. The zero-order valence-electron chi connectivity index (χ0n) is 19.4. The molecule has 0 saturated carbocycles. The van der Waals surface area contributed by atoms with E-state index in [-0.39, 0.29) is 61.0 Å². The van der Waals surface area contributed by atoms with Crippen LogP contribution in [0.2, 0.25) is 5.02 Å². The van der Waals surface area contributed by atoms with Gasteiger partial charge in [0.15, 0.2) is 0 Å². The van der Waals surface area contributed by atoms with Crippen molar-refractivity contribution in [3.05, 3.63) is 47.0 Å². The Morgan fingerprint density at radius 2 is 1.67 bits per heavy atom. The summed E-state index contributed by atoms with van der Waals surface area (Å²) in [5.41, 5.74) is 0.842. The Hall–Kier alpha value is -2.67. The van der Waals surface area contributed by atoms with Crippen molar-refractivity contribution in [3.8, 4) is 0 Å². The van der Waals surface area contributed by atoms with E-state index in [2.05, 4.69) is 5.32 Å². The van der Waals surface area contributed by atoms with Crippen LogP contribution < -0.4 is 5.32 Å². The molecule has 0 bridgehead atoms. The first-order valence-electron chi connectivity index (χ1n) is 11.6. The van der Waals surface area contributed by atoms with Crippen LogP contribution in [0.15, 0.2) is 36.4 Å². The van der Waals surface area contributed by atoms with Crippen LogP contribution in [0.5, 0.6) is 0 Å². The third-order valence-corrected chi connectivity index (χ3v) is 6.48. The molecule has 1 aliphatic carbocycles. The van der Waals surface area contributed by atoms with E-state index in [1.807, 2.05) is 45.1 Å². The van der Waals surface area contributed by atoms with Crippen LogP contribution in [0.3, 0.4) is 0 Å². The number of carbonyl (C=O) groups is 4. The Balaban J connectivity index is 1.75. The monoisotopic (exact) mass is 473 g/mol. The van der Waals surface area contributed by atoms with Crippen molar-refractivity contribution in [1.29, 1.82) is 0 Å². The number of benzene rings is 1. The van der Waals surface area contributed by atoms with E-state index >= 15 is 0 Å². The summed E-state index contributed by atoms with van der Waals surface area (Å²) < 4.78 is 0. The van der Waals surface area contributed by atoms with E-state index in [0.717, 1.165) is 5.56 Å². The van der Waals surface area contributed by atoms with Crippen LogP contribution in [-0.4, -0.2) is 52.1 Å². The number of rotatable bonds is 9. The summed E-state index contributed by atoms with van der Waals surface area (Å²) >= 11 is 5.99. The molecule has 7 nitrogen and oxygen atoms in total. The van der Waals surface area contributed by atoms with Crippen LogP contribution >= 0.6 is 11.6 Å². The molecule has 0 spiro atoms. The molecule has 1 fully saturated rings. The van der Waals surface area contributed by atoms with Gasteiger partial charge in [-0.05, 0) is 50.8 Å². The van der Waals surface area contributed by atoms with Gasteiger partial charge in [0.25, 0.3) is 0 Å². The molecule has 3 rings (SSSR count). The number of allylic oxidation sites excluding steroid dienone is 2. The van der Waals surface area contributed by atoms with Gasteiger partial charge in [0.1, 0.15) is 6.04 Å². The highest BCUT2D eigenvalue weighted by molar-refractivity contribution is 6.30. The number of fused-ring (bicyclic) bond motifs is 1. The van der Waals surface area contributed by atoms with Crippen LogP contribution in [0.25, 0.3) is 0 Å². The van der Waals surface area contributed by atoms with Gasteiger partial charge in [0, 0.05) is 30.6 Å². The Morgan fingerprint density at radius 3 is 2.18 bits per heavy atom. The average Bonchev–Trinajstić information content (AvgIpc) is 3.02. The van der Waals surface area contributed by atoms with E-state index < -0.39 is 6.04 Å². The van der Waals surface area contributed by atoms with Gasteiger partial charge in [-0.3, -0.25) is 24.1 Å². The molecule has 1 saturated heterocycles. The highest BCUT2D eigenvalue weighted by Crippen LogP contribution is 2.35. The third-order valence-electron chi connectivity index (χ3n) is 6.23. The number of halogens is 1. The SMILES string of the molecule is CCC(C(=O)NC(C)C)N(Cc1ccc(Cl)cc1)C(=O)CCN1C(=O)[C@H]2CC=CC[C@H]2C1=O. The van der Waals surface area contributed by atoms with Crippen LogP contribution in [0, 0.1) is 11.8 Å².